The summed E-state index contributed by atoms with van der Waals surface area (Å²) in [6, 6.07) is -0.109. The van der Waals surface area contributed by atoms with Crippen LogP contribution in [0.5, 0.6) is 0 Å². The summed E-state index contributed by atoms with van der Waals surface area (Å²) in [5.41, 5.74) is 5.51. The van der Waals surface area contributed by atoms with Crippen molar-refractivity contribution in [2.75, 3.05) is 26.0 Å². The Hall–Kier alpha value is -0.660. The van der Waals surface area contributed by atoms with Crippen LogP contribution in [0, 0.1) is 0 Å². The van der Waals surface area contributed by atoms with E-state index in [0.717, 1.165) is 12.8 Å². The predicted molar refractivity (Wildman–Crippen MR) is 59.2 cm³/mol. The third-order valence-electron chi connectivity index (χ3n) is 2.74. The summed E-state index contributed by atoms with van der Waals surface area (Å²) in [6.45, 7) is 0.836. The topological polar surface area (TPSA) is 89.7 Å². The van der Waals surface area contributed by atoms with Crippen molar-refractivity contribution in [3.05, 3.63) is 0 Å². The lowest BCUT2D eigenvalue weighted by Crippen LogP contribution is -2.41. The largest absolute Gasteiger partial charge is 0.469 e. The number of nitrogens with two attached hydrogens (primary N) is 1. The van der Waals surface area contributed by atoms with Crippen LogP contribution in [0.25, 0.3) is 0 Å². The van der Waals surface area contributed by atoms with Crippen LogP contribution in [0.3, 0.4) is 0 Å². The van der Waals surface area contributed by atoms with Crippen molar-refractivity contribution >= 4 is 16.0 Å². The average molecular weight is 250 g/mol. The zero-order chi connectivity index (χ0) is 12.2. The second kappa shape index (κ2) is 5.60. The van der Waals surface area contributed by atoms with Gasteiger partial charge in [0.2, 0.25) is 10.0 Å². The number of sulfonamides is 1. The maximum absolute atomic E-state index is 11.9. The van der Waals surface area contributed by atoms with Gasteiger partial charge in [0.1, 0.15) is 0 Å². The molecule has 1 aliphatic heterocycles. The Bertz CT molecular complexity index is 341. The molecular formula is C9H18N2O4S. The summed E-state index contributed by atoms with van der Waals surface area (Å²) in [7, 11) is -2.13. The molecule has 0 amide bonds. The van der Waals surface area contributed by atoms with Crippen molar-refractivity contribution in [2.24, 2.45) is 5.73 Å². The van der Waals surface area contributed by atoms with E-state index in [9.17, 15) is 13.2 Å². The van der Waals surface area contributed by atoms with Crippen LogP contribution < -0.4 is 5.73 Å². The second-order valence-electron chi connectivity index (χ2n) is 3.78. The number of hydrogen-bond acceptors (Lipinski definition) is 5. The Morgan fingerprint density at radius 1 is 1.56 bits per heavy atom. The molecule has 1 rings (SSSR count). The fourth-order valence-electron chi connectivity index (χ4n) is 1.84. The van der Waals surface area contributed by atoms with Gasteiger partial charge in [-0.2, -0.15) is 4.31 Å². The fraction of sp³-hybridized carbons (Fsp3) is 0.889. The molecule has 0 aromatic carbocycles. The highest BCUT2D eigenvalue weighted by molar-refractivity contribution is 7.89. The van der Waals surface area contributed by atoms with Crippen LogP contribution in [-0.2, 0) is 19.6 Å². The number of ether oxygens (including phenoxy) is 1. The Kier molecular flexibility index (Phi) is 4.69. The standard InChI is InChI=1S/C9H18N2O4S/c1-15-9(12)4-6-16(13,14)11-5-2-3-8(11)7-10/h8H,2-7,10H2,1H3. The molecule has 94 valence electrons. The minimum Gasteiger partial charge on any atom is -0.469 e. The molecule has 16 heavy (non-hydrogen) atoms. The monoisotopic (exact) mass is 250 g/mol. The van der Waals surface area contributed by atoms with Crippen LogP contribution in [0.2, 0.25) is 0 Å². The number of methoxy groups -OCH3 is 1. The minimum absolute atomic E-state index is 0.105. The van der Waals surface area contributed by atoms with Crippen molar-refractivity contribution in [1.82, 2.24) is 4.31 Å². The molecule has 0 aromatic heterocycles. The van der Waals surface area contributed by atoms with Gasteiger partial charge >= 0.3 is 5.97 Å². The second-order valence-corrected chi connectivity index (χ2v) is 5.83. The van der Waals surface area contributed by atoms with Crippen molar-refractivity contribution in [3.63, 3.8) is 0 Å². The van der Waals surface area contributed by atoms with E-state index < -0.39 is 16.0 Å². The first-order valence-electron chi connectivity index (χ1n) is 5.27. The zero-order valence-corrected chi connectivity index (χ0v) is 10.2. The van der Waals surface area contributed by atoms with Gasteiger partial charge in [0, 0.05) is 19.1 Å². The van der Waals surface area contributed by atoms with E-state index in [2.05, 4.69) is 4.74 Å². The Morgan fingerprint density at radius 2 is 2.25 bits per heavy atom. The summed E-state index contributed by atoms with van der Waals surface area (Å²) in [4.78, 5) is 10.9. The lowest BCUT2D eigenvalue weighted by Gasteiger charge is -2.22. The smallest absolute Gasteiger partial charge is 0.306 e. The normalized spacial score (nSPS) is 22.2. The first kappa shape index (κ1) is 13.4. The number of hydrogen-bond donors (Lipinski definition) is 1. The molecule has 1 unspecified atom stereocenters. The molecule has 1 aliphatic rings. The molecule has 6 nitrogen and oxygen atoms in total. The molecule has 2 N–H and O–H groups in total. The lowest BCUT2D eigenvalue weighted by atomic mass is 10.2. The number of carbonyl (C=O) groups excluding carboxylic acids is 1. The highest BCUT2D eigenvalue weighted by Gasteiger charge is 2.33. The van der Waals surface area contributed by atoms with Gasteiger partial charge in [-0.25, -0.2) is 8.42 Å². The Labute approximate surface area is 95.8 Å². The Balaban J connectivity index is 2.59. The van der Waals surface area contributed by atoms with Crippen LogP contribution in [-0.4, -0.2) is 50.7 Å². The molecule has 0 saturated carbocycles. The summed E-state index contributed by atoms with van der Waals surface area (Å²) in [5.74, 6) is -0.706. The van der Waals surface area contributed by atoms with E-state index in [1.54, 1.807) is 0 Å². The predicted octanol–water partition coefficient (Wildman–Crippen LogP) is -0.698. The van der Waals surface area contributed by atoms with Gasteiger partial charge in [-0.1, -0.05) is 0 Å². The molecule has 0 spiro atoms. The van der Waals surface area contributed by atoms with E-state index >= 15 is 0 Å². The van der Waals surface area contributed by atoms with Crippen molar-refractivity contribution in [3.8, 4) is 0 Å². The average Bonchev–Trinajstić information content (AvgIpc) is 2.74. The molecule has 0 aromatic rings. The van der Waals surface area contributed by atoms with E-state index in [1.165, 1.54) is 11.4 Å². The van der Waals surface area contributed by atoms with Gasteiger partial charge in [-0.05, 0) is 12.8 Å². The van der Waals surface area contributed by atoms with E-state index in [-0.39, 0.29) is 18.2 Å². The summed E-state index contributed by atoms with van der Waals surface area (Å²) in [5, 5.41) is 0. The number of carbonyl (C=O) groups is 1. The molecule has 0 aliphatic carbocycles. The highest BCUT2D eigenvalue weighted by Crippen LogP contribution is 2.20. The third kappa shape index (κ3) is 3.16. The van der Waals surface area contributed by atoms with E-state index in [4.69, 9.17) is 5.73 Å². The molecular weight excluding hydrogens is 232 g/mol. The maximum atomic E-state index is 11.9. The van der Waals surface area contributed by atoms with Crippen molar-refractivity contribution in [2.45, 2.75) is 25.3 Å². The quantitative estimate of drug-likeness (QED) is 0.652. The van der Waals surface area contributed by atoms with Gasteiger partial charge in [0.25, 0.3) is 0 Å². The summed E-state index contributed by atoms with van der Waals surface area (Å²) >= 11 is 0. The van der Waals surface area contributed by atoms with Crippen LogP contribution in [0.15, 0.2) is 0 Å². The van der Waals surface area contributed by atoms with Gasteiger partial charge < -0.3 is 10.5 Å². The van der Waals surface area contributed by atoms with Gasteiger partial charge in [0.15, 0.2) is 0 Å². The lowest BCUT2D eigenvalue weighted by molar-refractivity contribution is -0.140. The minimum atomic E-state index is -3.37. The molecule has 1 saturated heterocycles. The summed E-state index contributed by atoms with van der Waals surface area (Å²) < 4.78 is 29.6. The van der Waals surface area contributed by atoms with Gasteiger partial charge in [-0.15, -0.1) is 0 Å². The van der Waals surface area contributed by atoms with Crippen LogP contribution in [0.1, 0.15) is 19.3 Å². The molecule has 1 fully saturated rings. The van der Waals surface area contributed by atoms with Gasteiger partial charge in [0.05, 0.1) is 19.3 Å². The number of rotatable bonds is 5. The SMILES string of the molecule is COC(=O)CCS(=O)(=O)N1CCCC1CN. The Morgan fingerprint density at radius 3 is 2.81 bits per heavy atom. The highest BCUT2D eigenvalue weighted by atomic mass is 32.2. The van der Waals surface area contributed by atoms with Crippen molar-refractivity contribution < 1.29 is 17.9 Å². The summed E-state index contributed by atoms with van der Waals surface area (Å²) in [6.07, 6.45) is 1.53. The molecule has 0 bridgehead atoms. The molecule has 0 radical (unpaired) electrons. The maximum Gasteiger partial charge on any atom is 0.306 e. The van der Waals surface area contributed by atoms with Crippen LogP contribution >= 0.6 is 0 Å². The van der Waals surface area contributed by atoms with Gasteiger partial charge in [-0.3, -0.25) is 4.79 Å². The molecule has 7 heteroatoms. The number of esters is 1. The fourth-order valence-corrected chi connectivity index (χ4v) is 3.55. The van der Waals surface area contributed by atoms with E-state index in [1.807, 2.05) is 0 Å². The first-order valence-corrected chi connectivity index (χ1v) is 6.88. The first-order chi connectivity index (χ1) is 7.51. The van der Waals surface area contributed by atoms with Crippen molar-refractivity contribution in [1.29, 1.82) is 0 Å². The third-order valence-corrected chi connectivity index (χ3v) is 4.66. The zero-order valence-electron chi connectivity index (χ0n) is 9.39. The van der Waals surface area contributed by atoms with E-state index in [0.29, 0.717) is 13.1 Å². The number of nitrogens with zero attached hydrogens (tertiary/aromatic N) is 1. The van der Waals surface area contributed by atoms with Crippen LogP contribution in [0.4, 0.5) is 0 Å². The molecule has 1 atom stereocenters. The molecule has 1 heterocycles.